The predicted octanol–water partition coefficient (Wildman–Crippen LogP) is 3.24. The molecule has 19 heavy (non-hydrogen) atoms. The Morgan fingerprint density at radius 2 is 2.00 bits per heavy atom. The molecule has 1 heterocycles. The zero-order valence-corrected chi connectivity index (χ0v) is 11.7. The minimum atomic E-state index is -0.224. The van der Waals surface area contributed by atoms with Crippen LogP contribution in [0.15, 0.2) is 35.4 Å². The van der Waals surface area contributed by atoms with Crippen molar-refractivity contribution in [3.05, 3.63) is 53.4 Å². The topological polar surface area (TPSA) is 51.8 Å². The summed E-state index contributed by atoms with van der Waals surface area (Å²) in [6.07, 6.45) is 1.79. The molecular weight excluding hydrogens is 261 g/mol. The highest BCUT2D eigenvalue weighted by Crippen LogP contribution is 2.22. The van der Waals surface area contributed by atoms with Crippen LogP contribution in [0.2, 0.25) is 0 Å². The number of aromatic nitrogens is 2. The van der Waals surface area contributed by atoms with E-state index in [1.165, 1.54) is 12.1 Å². The van der Waals surface area contributed by atoms with E-state index in [2.05, 4.69) is 9.97 Å². The molecule has 0 saturated heterocycles. The number of benzene rings is 1. The molecule has 0 bridgehead atoms. The van der Waals surface area contributed by atoms with E-state index >= 15 is 0 Å². The molecule has 0 saturated carbocycles. The highest BCUT2D eigenvalue weighted by Gasteiger charge is 2.07. The molecule has 0 radical (unpaired) electrons. The van der Waals surface area contributed by atoms with Gasteiger partial charge >= 0.3 is 0 Å². The molecule has 0 amide bonds. The number of thioether (sulfide) groups is 1. The van der Waals surface area contributed by atoms with Gasteiger partial charge in [-0.1, -0.05) is 0 Å². The van der Waals surface area contributed by atoms with Crippen LogP contribution in [0.25, 0.3) is 0 Å². The maximum Gasteiger partial charge on any atom is 0.138 e. The van der Waals surface area contributed by atoms with Crippen LogP contribution in [0.4, 0.5) is 4.39 Å². The Hall–Kier alpha value is -1.46. The molecular formula is C14H16FN3S. The smallest absolute Gasteiger partial charge is 0.138 e. The highest BCUT2D eigenvalue weighted by atomic mass is 32.2. The van der Waals surface area contributed by atoms with Crippen molar-refractivity contribution >= 4 is 11.8 Å². The number of halogens is 1. The van der Waals surface area contributed by atoms with Gasteiger partial charge in [0, 0.05) is 28.4 Å². The van der Waals surface area contributed by atoms with E-state index in [0.29, 0.717) is 5.75 Å². The average Bonchev–Trinajstić information content (AvgIpc) is 2.37. The Bertz CT molecular complexity index is 555. The van der Waals surface area contributed by atoms with Crippen molar-refractivity contribution in [2.24, 2.45) is 5.73 Å². The SMILES string of the molecule is Cc1nc(CSc2ccc(F)cc2)ncc1C(C)N. The van der Waals surface area contributed by atoms with Crippen LogP contribution in [-0.2, 0) is 5.75 Å². The zero-order chi connectivity index (χ0) is 13.8. The van der Waals surface area contributed by atoms with E-state index in [9.17, 15) is 4.39 Å². The summed E-state index contributed by atoms with van der Waals surface area (Å²) in [6, 6.07) is 6.35. The van der Waals surface area contributed by atoms with Gasteiger partial charge in [0.2, 0.25) is 0 Å². The molecule has 5 heteroatoms. The molecule has 1 aromatic heterocycles. The Morgan fingerprint density at radius 1 is 1.32 bits per heavy atom. The van der Waals surface area contributed by atoms with Crippen molar-refractivity contribution in [2.45, 2.75) is 30.5 Å². The maximum atomic E-state index is 12.8. The molecule has 0 aliphatic carbocycles. The average molecular weight is 277 g/mol. The van der Waals surface area contributed by atoms with Crippen LogP contribution in [0.5, 0.6) is 0 Å². The fraction of sp³-hybridized carbons (Fsp3) is 0.286. The van der Waals surface area contributed by atoms with Crippen LogP contribution in [0.3, 0.4) is 0 Å². The van der Waals surface area contributed by atoms with Crippen LogP contribution < -0.4 is 5.73 Å². The highest BCUT2D eigenvalue weighted by molar-refractivity contribution is 7.98. The standard InChI is InChI=1S/C14H16FN3S/c1-9(16)13-7-17-14(18-10(13)2)8-19-12-5-3-11(15)4-6-12/h3-7,9H,8,16H2,1-2H3. The molecule has 1 unspecified atom stereocenters. The summed E-state index contributed by atoms with van der Waals surface area (Å²) in [5.74, 6) is 1.19. The lowest BCUT2D eigenvalue weighted by Gasteiger charge is -2.09. The van der Waals surface area contributed by atoms with Gasteiger partial charge in [0.05, 0.1) is 5.75 Å². The molecule has 2 N–H and O–H groups in total. The van der Waals surface area contributed by atoms with E-state index < -0.39 is 0 Å². The fourth-order valence-corrected chi connectivity index (χ4v) is 2.48. The first-order valence-electron chi connectivity index (χ1n) is 6.02. The van der Waals surface area contributed by atoms with Gasteiger partial charge in [0.1, 0.15) is 11.6 Å². The van der Waals surface area contributed by atoms with Gasteiger partial charge in [-0.05, 0) is 38.1 Å². The van der Waals surface area contributed by atoms with E-state index in [4.69, 9.17) is 5.73 Å². The number of hydrogen-bond acceptors (Lipinski definition) is 4. The molecule has 100 valence electrons. The summed E-state index contributed by atoms with van der Waals surface area (Å²) in [5.41, 5.74) is 7.71. The third-order valence-corrected chi connectivity index (χ3v) is 3.75. The van der Waals surface area contributed by atoms with Gasteiger partial charge in [-0.3, -0.25) is 0 Å². The predicted molar refractivity (Wildman–Crippen MR) is 75.3 cm³/mol. The van der Waals surface area contributed by atoms with Crippen molar-refractivity contribution in [2.75, 3.05) is 0 Å². The van der Waals surface area contributed by atoms with Gasteiger partial charge in [-0.2, -0.15) is 0 Å². The second kappa shape index (κ2) is 6.12. The largest absolute Gasteiger partial charge is 0.324 e. The molecule has 0 aliphatic heterocycles. The first-order chi connectivity index (χ1) is 9.06. The van der Waals surface area contributed by atoms with Crippen LogP contribution in [0.1, 0.15) is 30.0 Å². The summed E-state index contributed by atoms with van der Waals surface area (Å²) in [5, 5.41) is 0. The van der Waals surface area contributed by atoms with Crippen LogP contribution >= 0.6 is 11.8 Å². The van der Waals surface area contributed by atoms with Gasteiger partial charge in [-0.25, -0.2) is 14.4 Å². The van der Waals surface area contributed by atoms with Crippen LogP contribution in [0, 0.1) is 12.7 Å². The third-order valence-electron chi connectivity index (χ3n) is 2.74. The molecule has 2 aromatic rings. The van der Waals surface area contributed by atoms with E-state index in [1.54, 1.807) is 30.1 Å². The Morgan fingerprint density at radius 3 is 2.58 bits per heavy atom. The summed E-state index contributed by atoms with van der Waals surface area (Å²) >= 11 is 1.58. The zero-order valence-electron chi connectivity index (χ0n) is 10.9. The van der Waals surface area contributed by atoms with E-state index in [1.807, 2.05) is 13.8 Å². The molecule has 1 atom stereocenters. The van der Waals surface area contributed by atoms with Gasteiger partial charge < -0.3 is 5.73 Å². The monoisotopic (exact) mass is 277 g/mol. The van der Waals surface area contributed by atoms with Crippen molar-refractivity contribution in [1.82, 2.24) is 9.97 Å². The third kappa shape index (κ3) is 3.75. The lowest BCUT2D eigenvalue weighted by Crippen LogP contribution is -2.10. The molecule has 0 fully saturated rings. The number of rotatable bonds is 4. The Labute approximate surface area is 116 Å². The minimum Gasteiger partial charge on any atom is -0.324 e. The molecule has 2 rings (SSSR count). The fourth-order valence-electron chi connectivity index (χ4n) is 1.72. The van der Waals surface area contributed by atoms with Crippen LogP contribution in [-0.4, -0.2) is 9.97 Å². The summed E-state index contributed by atoms with van der Waals surface area (Å²) in [4.78, 5) is 9.75. The lowest BCUT2D eigenvalue weighted by molar-refractivity contribution is 0.626. The quantitative estimate of drug-likeness (QED) is 0.872. The Kier molecular flexibility index (Phi) is 4.50. The Balaban J connectivity index is 2.04. The second-order valence-electron chi connectivity index (χ2n) is 4.36. The van der Waals surface area contributed by atoms with Crippen molar-refractivity contribution in [1.29, 1.82) is 0 Å². The summed E-state index contributed by atoms with van der Waals surface area (Å²) in [7, 11) is 0. The maximum absolute atomic E-state index is 12.8. The van der Waals surface area contributed by atoms with Crippen molar-refractivity contribution in [3.8, 4) is 0 Å². The molecule has 0 aliphatic rings. The van der Waals surface area contributed by atoms with E-state index in [-0.39, 0.29) is 11.9 Å². The normalized spacial score (nSPS) is 12.4. The number of hydrogen-bond donors (Lipinski definition) is 1. The summed E-state index contributed by atoms with van der Waals surface area (Å²) in [6.45, 7) is 3.85. The summed E-state index contributed by atoms with van der Waals surface area (Å²) < 4.78 is 12.8. The number of aryl methyl sites for hydroxylation is 1. The molecule has 3 nitrogen and oxygen atoms in total. The van der Waals surface area contributed by atoms with Gasteiger partial charge in [0.15, 0.2) is 0 Å². The lowest BCUT2D eigenvalue weighted by atomic mass is 10.1. The number of nitrogens with zero attached hydrogens (tertiary/aromatic N) is 2. The van der Waals surface area contributed by atoms with Crippen molar-refractivity contribution < 1.29 is 4.39 Å². The molecule has 0 spiro atoms. The van der Waals surface area contributed by atoms with E-state index in [0.717, 1.165) is 22.0 Å². The second-order valence-corrected chi connectivity index (χ2v) is 5.41. The van der Waals surface area contributed by atoms with Gasteiger partial charge in [0.25, 0.3) is 0 Å². The minimum absolute atomic E-state index is 0.0567. The molecule has 1 aromatic carbocycles. The van der Waals surface area contributed by atoms with Crippen molar-refractivity contribution in [3.63, 3.8) is 0 Å². The van der Waals surface area contributed by atoms with Gasteiger partial charge in [-0.15, -0.1) is 11.8 Å². The first kappa shape index (κ1) is 14.0. The first-order valence-corrected chi connectivity index (χ1v) is 7.01. The number of nitrogens with two attached hydrogens (primary N) is 1.